The summed E-state index contributed by atoms with van der Waals surface area (Å²) in [5.74, 6) is 0.430. The number of hydrogen-bond acceptors (Lipinski definition) is 6. The topological polar surface area (TPSA) is 51.7 Å². The Morgan fingerprint density at radius 2 is 1.85 bits per heavy atom. The molecule has 1 amide bonds. The van der Waals surface area contributed by atoms with Gasteiger partial charge >= 0.3 is 0 Å². The molecule has 2 fully saturated rings. The second kappa shape index (κ2) is 12.0. The number of piperidine rings is 1. The summed E-state index contributed by atoms with van der Waals surface area (Å²) in [6.07, 6.45) is 4.13. The number of aromatic nitrogens is 1. The number of likely N-dealkylation sites (tertiary alicyclic amines) is 1. The average molecular weight is 470 g/mol. The van der Waals surface area contributed by atoms with E-state index in [-0.39, 0.29) is 11.8 Å². The van der Waals surface area contributed by atoms with Crippen molar-refractivity contribution < 1.29 is 4.79 Å². The first-order chi connectivity index (χ1) is 16.1. The molecule has 0 bridgehead atoms. The Labute approximate surface area is 203 Å². The Kier molecular flexibility index (Phi) is 8.75. The van der Waals surface area contributed by atoms with Crippen molar-refractivity contribution in [2.45, 2.75) is 46.1 Å². The first kappa shape index (κ1) is 24.2. The Morgan fingerprint density at radius 1 is 1.06 bits per heavy atom. The Bertz CT molecular complexity index is 884. The molecule has 33 heavy (non-hydrogen) atoms. The predicted octanol–water partition coefficient (Wildman–Crippen LogP) is 3.69. The zero-order chi connectivity index (χ0) is 23.0. The molecule has 2 saturated heterocycles. The van der Waals surface area contributed by atoms with Gasteiger partial charge in [-0.05, 0) is 76.9 Å². The Balaban J connectivity index is 1.05. The van der Waals surface area contributed by atoms with Crippen LogP contribution >= 0.6 is 11.3 Å². The smallest absolute Gasteiger partial charge is 0.223 e. The van der Waals surface area contributed by atoms with Gasteiger partial charge in [0.1, 0.15) is 0 Å². The molecular weight excluding hydrogens is 430 g/mol. The number of hydrogen-bond donors (Lipinski definition) is 1. The van der Waals surface area contributed by atoms with Gasteiger partial charge in [0.2, 0.25) is 5.91 Å². The minimum Gasteiger partial charge on any atom is -0.369 e. The third-order valence-electron chi connectivity index (χ3n) is 6.95. The fraction of sp³-hybridized carbons (Fsp3) is 0.615. The minimum atomic E-state index is 0.174. The van der Waals surface area contributed by atoms with E-state index in [2.05, 4.69) is 68.5 Å². The number of aryl methyl sites for hydroxylation is 2. The van der Waals surface area contributed by atoms with Crippen LogP contribution < -0.4 is 10.2 Å². The summed E-state index contributed by atoms with van der Waals surface area (Å²) in [5.41, 5.74) is 3.84. The number of benzene rings is 1. The fourth-order valence-electron chi connectivity index (χ4n) is 4.93. The van der Waals surface area contributed by atoms with Gasteiger partial charge in [-0.3, -0.25) is 14.6 Å². The van der Waals surface area contributed by atoms with Gasteiger partial charge in [-0.1, -0.05) is 12.1 Å². The Morgan fingerprint density at radius 3 is 2.55 bits per heavy atom. The number of piperazine rings is 1. The van der Waals surface area contributed by atoms with E-state index in [0.29, 0.717) is 0 Å². The minimum absolute atomic E-state index is 0.174. The summed E-state index contributed by atoms with van der Waals surface area (Å²) in [5, 5.41) is 6.48. The van der Waals surface area contributed by atoms with E-state index in [1.54, 1.807) is 11.3 Å². The summed E-state index contributed by atoms with van der Waals surface area (Å²) < 4.78 is 0. The monoisotopic (exact) mass is 469 g/mol. The molecule has 180 valence electrons. The molecule has 2 aliphatic heterocycles. The van der Waals surface area contributed by atoms with Crippen LogP contribution in [0.3, 0.4) is 0 Å². The third-order valence-corrected chi connectivity index (χ3v) is 7.77. The largest absolute Gasteiger partial charge is 0.369 e. The van der Waals surface area contributed by atoms with Crippen molar-refractivity contribution >= 4 is 22.9 Å². The molecule has 1 N–H and O–H groups in total. The van der Waals surface area contributed by atoms with Crippen molar-refractivity contribution in [3.05, 3.63) is 45.9 Å². The normalized spacial score (nSPS) is 18.5. The van der Waals surface area contributed by atoms with Gasteiger partial charge in [0, 0.05) is 56.3 Å². The summed E-state index contributed by atoms with van der Waals surface area (Å²) in [6, 6.07) is 8.81. The molecule has 1 aromatic heterocycles. The third kappa shape index (κ3) is 7.26. The van der Waals surface area contributed by atoms with Crippen LogP contribution in [0, 0.1) is 19.8 Å². The van der Waals surface area contributed by atoms with E-state index < -0.39 is 0 Å². The quantitative estimate of drug-likeness (QED) is 0.568. The zero-order valence-electron chi connectivity index (χ0n) is 20.3. The first-order valence-corrected chi connectivity index (χ1v) is 13.4. The van der Waals surface area contributed by atoms with Crippen LogP contribution in [-0.4, -0.2) is 73.0 Å². The van der Waals surface area contributed by atoms with Gasteiger partial charge in [-0.25, -0.2) is 4.98 Å². The molecule has 2 aliphatic rings. The van der Waals surface area contributed by atoms with E-state index in [1.807, 2.05) is 0 Å². The standard InChI is InChI=1S/C26H39N5OS/c1-21-6-5-7-25(18-21)31-16-14-29(15-17-31)11-4-3-10-27-26(32)23-8-12-30(13-9-23)19-24-20-33-22(2)28-24/h5-7,18,20,23H,3-4,8-17,19H2,1-2H3,(H,27,32). The number of anilines is 1. The lowest BCUT2D eigenvalue weighted by molar-refractivity contribution is -0.126. The molecule has 0 unspecified atom stereocenters. The lowest BCUT2D eigenvalue weighted by atomic mass is 9.96. The predicted molar refractivity (Wildman–Crippen MR) is 137 cm³/mol. The number of nitrogens with one attached hydrogen (secondary N) is 1. The molecule has 1 aromatic carbocycles. The van der Waals surface area contributed by atoms with Crippen molar-refractivity contribution in [3.63, 3.8) is 0 Å². The molecule has 2 aromatic rings. The number of unbranched alkanes of at least 4 members (excludes halogenated alkanes) is 1. The van der Waals surface area contributed by atoms with E-state index in [9.17, 15) is 4.79 Å². The lowest BCUT2D eigenvalue weighted by Crippen LogP contribution is -2.46. The molecule has 6 nitrogen and oxygen atoms in total. The van der Waals surface area contributed by atoms with Crippen LogP contribution in [-0.2, 0) is 11.3 Å². The molecule has 3 heterocycles. The molecule has 0 saturated carbocycles. The van der Waals surface area contributed by atoms with Crippen molar-refractivity contribution in [2.24, 2.45) is 5.92 Å². The van der Waals surface area contributed by atoms with Crippen LogP contribution in [0.4, 0.5) is 5.69 Å². The maximum atomic E-state index is 12.6. The Hall–Kier alpha value is -1.96. The summed E-state index contributed by atoms with van der Waals surface area (Å²) in [6.45, 7) is 13.5. The van der Waals surface area contributed by atoms with Gasteiger partial charge in [0.05, 0.1) is 10.7 Å². The second-order valence-electron chi connectivity index (χ2n) is 9.57. The van der Waals surface area contributed by atoms with Crippen LogP contribution in [0.25, 0.3) is 0 Å². The molecule has 0 radical (unpaired) electrons. The summed E-state index contributed by atoms with van der Waals surface area (Å²) in [7, 11) is 0. The molecular formula is C26H39N5OS. The van der Waals surface area contributed by atoms with Gasteiger partial charge in [0.25, 0.3) is 0 Å². The molecule has 0 spiro atoms. The highest BCUT2D eigenvalue weighted by Crippen LogP contribution is 2.20. The fourth-order valence-corrected chi connectivity index (χ4v) is 5.54. The van der Waals surface area contributed by atoms with Gasteiger partial charge in [-0.2, -0.15) is 0 Å². The number of rotatable bonds is 9. The van der Waals surface area contributed by atoms with E-state index in [0.717, 1.165) is 95.3 Å². The molecule has 0 atom stereocenters. The zero-order valence-corrected chi connectivity index (χ0v) is 21.1. The van der Waals surface area contributed by atoms with Crippen LogP contribution in [0.5, 0.6) is 0 Å². The second-order valence-corrected chi connectivity index (χ2v) is 10.6. The average Bonchev–Trinajstić information content (AvgIpc) is 3.24. The van der Waals surface area contributed by atoms with Crippen molar-refractivity contribution in [1.82, 2.24) is 20.1 Å². The van der Waals surface area contributed by atoms with E-state index >= 15 is 0 Å². The maximum absolute atomic E-state index is 12.6. The highest BCUT2D eigenvalue weighted by atomic mass is 32.1. The summed E-state index contributed by atoms with van der Waals surface area (Å²) in [4.78, 5) is 24.6. The molecule has 0 aliphatic carbocycles. The highest BCUT2D eigenvalue weighted by molar-refractivity contribution is 7.09. The van der Waals surface area contributed by atoms with Crippen molar-refractivity contribution in [2.75, 3.05) is 57.3 Å². The van der Waals surface area contributed by atoms with Gasteiger partial charge < -0.3 is 10.2 Å². The number of carbonyl (C=O) groups is 1. The SMILES string of the molecule is Cc1cccc(N2CCN(CCCCNC(=O)C3CCN(Cc4csc(C)n4)CC3)CC2)c1. The highest BCUT2D eigenvalue weighted by Gasteiger charge is 2.25. The number of amides is 1. The molecule has 7 heteroatoms. The van der Waals surface area contributed by atoms with Crippen LogP contribution in [0.1, 0.15) is 41.9 Å². The number of thiazole rings is 1. The first-order valence-electron chi connectivity index (χ1n) is 12.5. The number of carbonyl (C=O) groups excluding carboxylic acids is 1. The van der Waals surface area contributed by atoms with Crippen molar-refractivity contribution in [1.29, 1.82) is 0 Å². The maximum Gasteiger partial charge on any atom is 0.223 e. The summed E-state index contributed by atoms with van der Waals surface area (Å²) >= 11 is 1.71. The van der Waals surface area contributed by atoms with Crippen molar-refractivity contribution in [3.8, 4) is 0 Å². The number of nitrogens with zero attached hydrogens (tertiary/aromatic N) is 4. The van der Waals surface area contributed by atoms with Gasteiger partial charge in [0.15, 0.2) is 0 Å². The van der Waals surface area contributed by atoms with Crippen LogP contribution in [0.2, 0.25) is 0 Å². The van der Waals surface area contributed by atoms with E-state index in [1.165, 1.54) is 11.3 Å². The lowest BCUT2D eigenvalue weighted by Gasteiger charge is -2.36. The van der Waals surface area contributed by atoms with E-state index in [4.69, 9.17) is 0 Å². The van der Waals surface area contributed by atoms with Crippen LogP contribution in [0.15, 0.2) is 29.6 Å². The molecule has 4 rings (SSSR count). The van der Waals surface area contributed by atoms with Gasteiger partial charge in [-0.15, -0.1) is 11.3 Å².